The van der Waals surface area contributed by atoms with E-state index in [-0.39, 0.29) is 0 Å². The molecule has 0 heterocycles. The number of alkyl halides is 1. The monoisotopic (exact) mass is 260 g/mol. The van der Waals surface area contributed by atoms with Crippen molar-refractivity contribution in [1.29, 1.82) is 0 Å². The molecule has 1 aromatic rings. The van der Waals surface area contributed by atoms with E-state index in [9.17, 15) is 4.39 Å². The fourth-order valence-electron chi connectivity index (χ4n) is 0.669. The molecule has 0 aliphatic heterocycles. The van der Waals surface area contributed by atoms with E-state index < -0.39 is 6.67 Å². The molecule has 0 radical (unpaired) electrons. The molecule has 0 N–H and O–H groups in total. The third kappa shape index (κ3) is 2.89. The molecule has 0 amide bonds. The summed E-state index contributed by atoms with van der Waals surface area (Å²) in [5.41, 5.74) is 0.864. The zero-order valence-electron chi connectivity index (χ0n) is 5.77. The molecule has 1 aromatic carbocycles. The Bertz CT molecular complexity index is 279. The molecular weight excluding hydrogens is 254 g/mol. The molecule has 0 bridgehead atoms. The van der Waals surface area contributed by atoms with Crippen LogP contribution in [0.1, 0.15) is 5.56 Å². The van der Waals surface area contributed by atoms with Crippen LogP contribution in [0.25, 0.3) is 0 Å². The fraction of sp³-hybridized carbons (Fsp3) is 0.111. The number of benzene rings is 1. The maximum absolute atomic E-state index is 11.6. The van der Waals surface area contributed by atoms with Gasteiger partial charge in [0.1, 0.15) is 0 Å². The zero-order valence-corrected chi connectivity index (χ0v) is 7.93. The van der Waals surface area contributed by atoms with Crippen LogP contribution in [-0.2, 0) is 0 Å². The second kappa shape index (κ2) is 4.35. The quantitative estimate of drug-likeness (QED) is 0.497. The molecule has 11 heavy (non-hydrogen) atoms. The molecule has 0 saturated heterocycles. The summed E-state index contributed by atoms with van der Waals surface area (Å²) < 4.78 is 12.7. The van der Waals surface area contributed by atoms with Gasteiger partial charge < -0.3 is 0 Å². The highest BCUT2D eigenvalue weighted by atomic mass is 127. The minimum absolute atomic E-state index is 0.577. The first-order valence-electron chi connectivity index (χ1n) is 3.13. The van der Waals surface area contributed by atoms with Crippen LogP contribution in [0.2, 0.25) is 0 Å². The van der Waals surface area contributed by atoms with Crippen LogP contribution in [0.15, 0.2) is 24.3 Å². The molecule has 2 heteroatoms. The van der Waals surface area contributed by atoms with E-state index in [0.717, 1.165) is 9.13 Å². The first-order chi connectivity index (χ1) is 5.33. The Morgan fingerprint density at radius 2 is 1.91 bits per heavy atom. The Kier molecular flexibility index (Phi) is 3.37. The van der Waals surface area contributed by atoms with E-state index in [0.29, 0.717) is 0 Å². The van der Waals surface area contributed by atoms with Crippen molar-refractivity contribution in [1.82, 2.24) is 0 Å². The van der Waals surface area contributed by atoms with Crippen molar-refractivity contribution in [3.8, 4) is 11.8 Å². The van der Waals surface area contributed by atoms with Crippen molar-refractivity contribution in [2.45, 2.75) is 0 Å². The van der Waals surface area contributed by atoms with Crippen molar-refractivity contribution in [2.24, 2.45) is 0 Å². The van der Waals surface area contributed by atoms with Gasteiger partial charge >= 0.3 is 0 Å². The average Bonchev–Trinajstić information content (AvgIpc) is 2.04. The molecule has 0 unspecified atom stereocenters. The van der Waals surface area contributed by atoms with Gasteiger partial charge in [0.05, 0.1) is 0 Å². The summed E-state index contributed by atoms with van der Waals surface area (Å²) in [7, 11) is 0. The lowest BCUT2D eigenvalue weighted by Gasteiger charge is -1.89. The molecule has 1 rings (SSSR count). The molecular formula is C9H6FI. The number of hydrogen-bond donors (Lipinski definition) is 0. The van der Waals surface area contributed by atoms with Crippen molar-refractivity contribution < 1.29 is 4.39 Å². The Hall–Kier alpha value is -0.560. The van der Waals surface area contributed by atoms with E-state index in [1.807, 2.05) is 24.3 Å². The SMILES string of the molecule is FCC#Cc1ccc(I)cc1. The standard InChI is InChI=1S/C9H6FI/c10-7-1-2-8-3-5-9(11)6-4-8/h3-6H,7H2. The van der Waals surface area contributed by atoms with Crippen molar-refractivity contribution in [3.05, 3.63) is 33.4 Å². The zero-order chi connectivity index (χ0) is 8.10. The normalized spacial score (nSPS) is 8.55. The average molecular weight is 260 g/mol. The molecule has 0 atom stereocenters. The van der Waals surface area contributed by atoms with E-state index in [4.69, 9.17) is 0 Å². The van der Waals surface area contributed by atoms with Gasteiger partial charge in [-0.05, 0) is 46.9 Å². The van der Waals surface area contributed by atoms with Gasteiger partial charge in [-0.2, -0.15) is 0 Å². The first kappa shape index (κ1) is 8.54. The van der Waals surface area contributed by atoms with Crippen molar-refractivity contribution in [3.63, 3.8) is 0 Å². The summed E-state index contributed by atoms with van der Waals surface area (Å²) in [6, 6.07) is 7.65. The van der Waals surface area contributed by atoms with Crippen LogP contribution in [0.4, 0.5) is 4.39 Å². The summed E-state index contributed by atoms with van der Waals surface area (Å²) in [5.74, 6) is 5.06. The molecule has 0 fully saturated rings. The molecule has 0 aromatic heterocycles. The Morgan fingerprint density at radius 1 is 1.27 bits per heavy atom. The van der Waals surface area contributed by atoms with Gasteiger partial charge in [0.2, 0.25) is 0 Å². The van der Waals surface area contributed by atoms with Gasteiger partial charge in [-0.1, -0.05) is 11.8 Å². The highest BCUT2D eigenvalue weighted by Gasteiger charge is 1.85. The fourth-order valence-corrected chi connectivity index (χ4v) is 1.03. The smallest absolute Gasteiger partial charge is 0.150 e. The molecule has 0 aliphatic rings. The van der Waals surface area contributed by atoms with Crippen LogP contribution >= 0.6 is 22.6 Å². The molecule has 0 aliphatic carbocycles. The summed E-state index contributed by atoms with van der Waals surface area (Å²) in [6.07, 6.45) is 0. The lowest BCUT2D eigenvalue weighted by atomic mass is 10.2. The van der Waals surface area contributed by atoms with Crippen LogP contribution in [0.5, 0.6) is 0 Å². The van der Waals surface area contributed by atoms with Crippen LogP contribution in [0, 0.1) is 15.4 Å². The van der Waals surface area contributed by atoms with Gasteiger partial charge in [0, 0.05) is 9.13 Å². The van der Waals surface area contributed by atoms with Crippen LogP contribution < -0.4 is 0 Å². The molecule has 0 saturated carbocycles. The van der Waals surface area contributed by atoms with E-state index >= 15 is 0 Å². The van der Waals surface area contributed by atoms with Gasteiger partial charge in [-0.15, -0.1) is 0 Å². The maximum atomic E-state index is 11.6. The van der Waals surface area contributed by atoms with Crippen LogP contribution in [-0.4, -0.2) is 6.67 Å². The van der Waals surface area contributed by atoms with Gasteiger partial charge in [0.25, 0.3) is 0 Å². The first-order valence-corrected chi connectivity index (χ1v) is 4.21. The molecule has 0 spiro atoms. The highest BCUT2D eigenvalue weighted by molar-refractivity contribution is 14.1. The number of halogens is 2. The Labute approximate surface area is 79.0 Å². The van der Waals surface area contributed by atoms with Gasteiger partial charge in [-0.3, -0.25) is 0 Å². The second-order valence-electron chi connectivity index (χ2n) is 1.94. The summed E-state index contributed by atoms with van der Waals surface area (Å²) in [5, 5.41) is 0. The topological polar surface area (TPSA) is 0 Å². The molecule has 0 nitrogen and oxygen atoms in total. The predicted octanol–water partition coefficient (Wildman–Crippen LogP) is 2.61. The van der Waals surface area contributed by atoms with E-state index in [1.165, 1.54) is 0 Å². The van der Waals surface area contributed by atoms with E-state index in [2.05, 4.69) is 34.4 Å². The van der Waals surface area contributed by atoms with Crippen molar-refractivity contribution in [2.75, 3.05) is 6.67 Å². The third-order valence-electron chi connectivity index (χ3n) is 1.14. The summed E-state index contributed by atoms with van der Waals surface area (Å²) in [6.45, 7) is -0.577. The van der Waals surface area contributed by atoms with E-state index in [1.54, 1.807) is 0 Å². The van der Waals surface area contributed by atoms with Gasteiger partial charge in [0.15, 0.2) is 6.67 Å². The summed E-state index contributed by atoms with van der Waals surface area (Å²) >= 11 is 2.21. The maximum Gasteiger partial charge on any atom is 0.150 e. The predicted molar refractivity (Wildman–Crippen MR) is 52.0 cm³/mol. The lowest BCUT2D eigenvalue weighted by Crippen LogP contribution is -1.74. The Balaban J connectivity index is 2.82. The minimum Gasteiger partial charge on any atom is -0.237 e. The molecule has 56 valence electrons. The lowest BCUT2D eigenvalue weighted by molar-refractivity contribution is 0.573. The number of rotatable bonds is 0. The summed E-state index contributed by atoms with van der Waals surface area (Å²) in [4.78, 5) is 0. The second-order valence-corrected chi connectivity index (χ2v) is 3.19. The third-order valence-corrected chi connectivity index (χ3v) is 1.86. The number of hydrogen-bond acceptors (Lipinski definition) is 0. The largest absolute Gasteiger partial charge is 0.237 e. The Morgan fingerprint density at radius 3 is 2.45 bits per heavy atom. The highest BCUT2D eigenvalue weighted by Crippen LogP contribution is 2.05. The van der Waals surface area contributed by atoms with Crippen molar-refractivity contribution >= 4 is 22.6 Å². The van der Waals surface area contributed by atoms with Crippen LogP contribution in [0.3, 0.4) is 0 Å². The minimum atomic E-state index is -0.577. The van der Waals surface area contributed by atoms with Gasteiger partial charge in [-0.25, -0.2) is 4.39 Å².